The second-order valence-corrected chi connectivity index (χ2v) is 8.59. The number of carbonyl (C=O) groups excluding carboxylic acids is 2. The molecule has 0 aliphatic carbocycles. The van der Waals surface area contributed by atoms with Gasteiger partial charge in [-0.25, -0.2) is 18.0 Å². The highest BCUT2D eigenvalue weighted by atomic mass is 32.2. The molecule has 176 valence electrons. The second-order valence-electron chi connectivity index (χ2n) is 6.64. The molecule has 2 unspecified atom stereocenters. The standard InChI is InChI=1S/C24H26O8S/c1-5-21(25)31-23(7-3)29-17-9-13-19(14-10-17)33(27,28)20-15-11-18(12-16-20)30-24(8-4)32-22(26)6-2/h5-6,9-16,23-24H,1-2,7-8H2,3-4H3. The van der Waals surface area contributed by atoms with E-state index in [9.17, 15) is 18.0 Å². The zero-order valence-electron chi connectivity index (χ0n) is 18.4. The minimum Gasteiger partial charge on any atom is -0.455 e. The van der Waals surface area contributed by atoms with Crippen LogP contribution in [0.15, 0.2) is 83.6 Å². The van der Waals surface area contributed by atoms with Crippen LogP contribution >= 0.6 is 0 Å². The van der Waals surface area contributed by atoms with Crippen molar-refractivity contribution in [3.63, 3.8) is 0 Å². The summed E-state index contributed by atoms with van der Waals surface area (Å²) in [6.07, 6.45) is 1.24. The van der Waals surface area contributed by atoms with Crippen LogP contribution in [0.25, 0.3) is 0 Å². The van der Waals surface area contributed by atoms with Gasteiger partial charge in [-0.3, -0.25) is 0 Å². The van der Waals surface area contributed by atoms with Crippen LogP contribution in [0.4, 0.5) is 0 Å². The van der Waals surface area contributed by atoms with Crippen molar-refractivity contribution < 1.29 is 37.0 Å². The average molecular weight is 475 g/mol. The summed E-state index contributed by atoms with van der Waals surface area (Å²) in [5.74, 6) is -0.530. The fraction of sp³-hybridized carbons (Fsp3) is 0.250. The maximum Gasteiger partial charge on any atom is 0.333 e. The molecule has 0 fully saturated rings. The lowest BCUT2D eigenvalue weighted by atomic mass is 10.3. The van der Waals surface area contributed by atoms with Gasteiger partial charge in [-0.05, 0) is 48.5 Å². The maximum absolute atomic E-state index is 12.9. The zero-order chi connectivity index (χ0) is 24.4. The van der Waals surface area contributed by atoms with Crippen molar-refractivity contribution in [2.24, 2.45) is 0 Å². The predicted molar refractivity (Wildman–Crippen MR) is 120 cm³/mol. The lowest BCUT2D eigenvalue weighted by Crippen LogP contribution is -2.22. The van der Waals surface area contributed by atoms with Crippen molar-refractivity contribution >= 4 is 21.8 Å². The van der Waals surface area contributed by atoms with Crippen molar-refractivity contribution in [2.45, 2.75) is 49.1 Å². The molecule has 0 amide bonds. The van der Waals surface area contributed by atoms with Crippen LogP contribution in [-0.4, -0.2) is 32.9 Å². The van der Waals surface area contributed by atoms with Gasteiger partial charge in [0.1, 0.15) is 11.5 Å². The molecule has 2 aromatic carbocycles. The SMILES string of the molecule is C=CC(=O)OC(CC)Oc1ccc(S(=O)(=O)c2ccc(OC(CC)OC(=O)C=C)cc2)cc1. The van der Waals surface area contributed by atoms with Crippen molar-refractivity contribution in [3.8, 4) is 11.5 Å². The van der Waals surface area contributed by atoms with Crippen LogP contribution in [0, 0.1) is 0 Å². The molecule has 0 bridgehead atoms. The minimum atomic E-state index is -3.79. The number of hydrogen-bond acceptors (Lipinski definition) is 8. The first-order valence-corrected chi connectivity index (χ1v) is 11.7. The van der Waals surface area contributed by atoms with Gasteiger partial charge in [-0.15, -0.1) is 0 Å². The number of hydrogen-bond donors (Lipinski definition) is 0. The molecule has 0 radical (unpaired) electrons. The van der Waals surface area contributed by atoms with E-state index in [1.165, 1.54) is 48.5 Å². The van der Waals surface area contributed by atoms with Gasteiger partial charge >= 0.3 is 11.9 Å². The summed E-state index contributed by atoms with van der Waals surface area (Å²) in [6, 6.07) is 11.5. The molecule has 2 rings (SSSR count). The Bertz CT molecular complexity index is 991. The van der Waals surface area contributed by atoms with E-state index in [1.54, 1.807) is 13.8 Å². The predicted octanol–water partition coefficient (Wildman–Crippen LogP) is 4.21. The third-order valence-electron chi connectivity index (χ3n) is 4.30. The Morgan fingerprint density at radius 3 is 1.36 bits per heavy atom. The highest BCUT2D eigenvalue weighted by molar-refractivity contribution is 7.91. The van der Waals surface area contributed by atoms with E-state index < -0.39 is 34.4 Å². The number of carbonyl (C=O) groups is 2. The normalized spacial score (nSPS) is 12.7. The lowest BCUT2D eigenvalue weighted by molar-refractivity contribution is -0.158. The fourth-order valence-electron chi connectivity index (χ4n) is 2.57. The van der Waals surface area contributed by atoms with E-state index >= 15 is 0 Å². The van der Waals surface area contributed by atoms with E-state index in [2.05, 4.69) is 13.2 Å². The van der Waals surface area contributed by atoms with Gasteiger partial charge < -0.3 is 18.9 Å². The Labute approximate surface area is 193 Å². The molecule has 0 aliphatic rings. The zero-order valence-corrected chi connectivity index (χ0v) is 19.2. The first kappa shape index (κ1) is 25.7. The molecular formula is C24H26O8S. The summed E-state index contributed by atoms with van der Waals surface area (Å²) >= 11 is 0. The third kappa shape index (κ3) is 7.21. The van der Waals surface area contributed by atoms with E-state index in [-0.39, 0.29) is 9.79 Å². The monoisotopic (exact) mass is 474 g/mol. The number of rotatable bonds is 12. The molecule has 0 aliphatic heterocycles. The summed E-state index contributed by atoms with van der Waals surface area (Å²) in [5.41, 5.74) is 0. The topological polar surface area (TPSA) is 105 Å². The van der Waals surface area contributed by atoms with Gasteiger partial charge in [0.2, 0.25) is 22.4 Å². The van der Waals surface area contributed by atoms with Gasteiger partial charge in [-0.2, -0.15) is 0 Å². The molecule has 9 heteroatoms. The van der Waals surface area contributed by atoms with Gasteiger partial charge in [0.05, 0.1) is 9.79 Å². The first-order chi connectivity index (χ1) is 15.7. The summed E-state index contributed by atoms with van der Waals surface area (Å²) in [4.78, 5) is 22.8. The molecule has 33 heavy (non-hydrogen) atoms. The van der Waals surface area contributed by atoms with Crippen LogP contribution < -0.4 is 9.47 Å². The van der Waals surface area contributed by atoms with E-state index in [0.29, 0.717) is 24.3 Å². The quantitative estimate of drug-likeness (QED) is 0.256. The summed E-state index contributed by atoms with van der Waals surface area (Å²) < 4.78 is 47.1. The average Bonchev–Trinajstić information content (AvgIpc) is 2.83. The Kier molecular flexibility index (Phi) is 9.23. The Morgan fingerprint density at radius 2 is 1.09 bits per heavy atom. The number of esters is 2. The molecule has 2 aromatic rings. The lowest BCUT2D eigenvalue weighted by Gasteiger charge is -2.17. The molecule has 0 spiro atoms. The fourth-order valence-corrected chi connectivity index (χ4v) is 3.83. The Balaban J connectivity index is 2.11. The van der Waals surface area contributed by atoms with Crippen molar-refractivity contribution in [2.75, 3.05) is 0 Å². The molecule has 0 heterocycles. The molecule has 2 atom stereocenters. The first-order valence-electron chi connectivity index (χ1n) is 10.2. The van der Waals surface area contributed by atoms with Crippen LogP contribution in [0.2, 0.25) is 0 Å². The van der Waals surface area contributed by atoms with Gasteiger partial charge in [-0.1, -0.05) is 27.0 Å². The smallest absolute Gasteiger partial charge is 0.333 e. The maximum atomic E-state index is 12.9. The molecule has 0 aromatic heterocycles. The summed E-state index contributed by atoms with van der Waals surface area (Å²) in [6.45, 7) is 10.2. The van der Waals surface area contributed by atoms with Crippen LogP contribution in [0.5, 0.6) is 11.5 Å². The van der Waals surface area contributed by atoms with Crippen molar-refractivity contribution in [1.82, 2.24) is 0 Å². The van der Waals surface area contributed by atoms with Crippen LogP contribution in [0.3, 0.4) is 0 Å². The largest absolute Gasteiger partial charge is 0.455 e. The second kappa shape index (κ2) is 11.9. The summed E-state index contributed by atoms with van der Waals surface area (Å²) in [5, 5.41) is 0. The molecular weight excluding hydrogens is 448 g/mol. The van der Waals surface area contributed by atoms with E-state index in [0.717, 1.165) is 12.2 Å². The van der Waals surface area contributed by atoms with Crippen molar-refractivity contribution in [1.29, 1.82) is 0 Å². The molecule has 8 nitrogen and oxygen atoms in total. The molecule has 0 N–H and O–H groups in total. The number of sulfone groups is 1. The minimum absolute atomic E-state index is 0.0611. The van der Waals surface area contributed by atoms with Crippen molar-refractivity contribution in [3.05, 3.63) is 73.8 Å². The van der Waals surface area contributed by atoms with Gasteiger partial charge in [0, 0.05) is 25.0 Å². The van der Waals surface area contributed by atoms with E-state index in [1.807, 2.05) is 0 Å². The summed E-state index contributed by atoms with van der Waals surface area (Å²) in [7, 11) is -3.79. The molecule has 0 saturated heterocycles. The molecule has 0 saturated carbocycles. The number of ether oxygens (including phenoxy) is 4. The van der Waals surface area contributed by atoms with Gasteiger partial charge in [0.15, 0.2) is 0 Å². The van der Waals surface area contributed by atoms with Crippen LogP contribution in [0.1, 0.15) is 26.7 Å². The number of benzene rings is 2. The van der Waals surface area contributed by atoms with Gasteiger partial charge in [0.25, 0.3) is 0 Å². The Hall–Kier alpha value is -3.59. The highest BCUT2D eigenvalue weighted by Gasteiger charge is 2.19. The van der Waals surface area contributed by atoms with Crippen LogP contribution in [-0.2, 0) is 28.9 Å². The Morgan fingerprint density at radius 1 is 0.758 bits per heavy atom. The van der Waals surface area contributed by atoms with E-state index in [4.69, 9.17) is 18.9 Å². The highest BCUT2D eigenvalue weighted by Crippen LogP contribution is 2.26. The third-order valence-corrected chi connectivity index (χ3v) is 6.08.